The Hall–Kier alpha value is -2.77. The van der Waals surface area contributed by atoms with E-state index in [0.29, 0.717) is 6.54 Å². The van der Waals surface area contributed by atoms with Crippen LogP contribution in [0.4, 0.5) is 10.5 Å². The number of urea groups is 1. The van der Waals surface area contributed by atoms with Gasteiger partial charge < -0.3 is 26.2 Å². The number of rotatable bonds is 5. The number of aromatic hydroxyl groups is 1. The first kappa shape index (κ1) is 15.3. The van der Waals surface area contributed by atoms with Crippen molar-refractivity contribution in [1.82, 2.24) is 10.6 Å². The highest BCUT2D eigenvalue weighted by Gasteiger charge is 2.11. The molecule has 1 aromatic rings. The predicted octanol–water partition coefficient (Wildman–Crippen LogP) is 0.348. The molecule has 1 rings (SSSR count). The summed E-state index contributed by atoms with van der Waals surface area (Å²) in [4.78, 5) is 32.9. The van der Waals surface area contributed by atoms with E-state index < -0.39 is 12.0 Å². The second kappa shape index (κ2) is 6.98. The first-order valence-corrected chi connectivity index (χ1v) is 5.75. The summed E-state index contributed by atoms with van der Waals surface area (Å²) in [7, 11) is 0. The fraction of sp³-hybridized carbons (Fsp3) is 0.250. The van der Waals surface area contributed by atoms with Gasteiger partial charge in [-0.2, -0.15) is 0 Å². The molecule has 1 aromatic carbocycles. The average molecular weight is 281 g/mol. The fourth-order valence-corrected chi connectivity index (χ4v) is 1.37. The van der Waals surface area contributed by atoms with E-state index in [2.05, 4.69) is 16.0 Å². The van der Waals surface area contributed by atoms with Gasteiger partial charge in [0.15, 0.2) is 0 Å². The van der Waals surface area contributed by atoms with Crippen LogP contribution in [0.1, 0.15) is 17.3 Å². The third-order valence-electron chi connectivity index (χ3n) is 2.27. The number of phenols is 1. The highest BCUT2D eigenvalue weighted by molar-refractivity contribution is 5.95. The van der Waals surface area contributed by atoms with Crippen LogP contribution in [0.2, 0.25) is 0 Å². The number of carboxylic acids is 1. The van der Waals surface area contributed by atoms with Crippen molar-refractivity contribution in [3.63, 3.8) is 0 Å². The number of hydrogen-bond acceptors (Lipinski definition) is 4. The minimum absolute atomic E-state index is 0.197. The van der Waals surface area contributed by atoms with Gasteiger partial charge in [0.25, 0.3) is 0 Å². The predicted molar refractivity (Wildman–Crippen MR) is 70.8 cm³/mol. The minimum atomic E-state index is -1.29. The van der Waals surface area contributed by atoms with Crippen molar-refractivity contribution in [2.24, 2.45) is 0 Å². The topological polar surface area (TPSA) is 128 Å². The van der Waals surface area contributed by atoms with Crippen LogP contribution in [0.15, 0.2) is 18.2 Å². The van der Waals surface area contributed by atoms with Gasteiger partial charge in [-0.05, 0) is 18.2 Å². The standard InChI is InChI=1S/C12H15N3O5/c1-7(16)13-4-5-14-12(20)15-8-2-3-10(17)9(6-8)11(18)19/h2-3,6,17H,4-5H2,1H3,(H,13,16)(H,18,19)(H2,14,15,20). The van der Waals surface area contributed by atoms with Gasteiger partial charge in [0.2, 0.25) is 5.91 Å². The third kappa shape index (κ3) is 4.84. The number of carbonyl (C=O) groups is 3. The number of carbonyl (C=O) groups excluding carboxylic acids is 2. The van der Waals surface area contributed by atoms with E-state index in [4.69, 9.17) is 5.11 Å². The molecule has 0 saturated heterocycles. The zero-order valence-corrected chi connectivity index (χ0v) is 10.8. The Kier molecular flexibility index (Phi) is 5.33. The molecule has 0 fully saturated rings. The summed E-state index contributed by atoms with van der Waals surface area (Å²) >= 11 is 0. The molecular weight excluding hydrogens is 266 g/mol. The Labute approximate surface area is 114 Å². The van der Waals surface area contributed by atoms with Gasteiger partial charge in [0.1, 0.15) is 11.3 Å². The van der Waals surface area contributed by atoms with E-state index in [-0.39, 0.29) is 29.5 Å². The van der Waals surface area contributed by atoms with E-state index >= 15 is 0 Å². The Bertz CT molecular complexity index is 530. The van der Waals surface area contributed by atoms with Gasteiger partial charge in [-0.25, -0.2) is 9.59 Å². The van der Waals surface area contributed by atoms with Crippen molar-refractivity contribution in [2.45, 2.75) is 6.92 Å². The molecule has 0 heterocycles. The summed E-state index contributed by atoms with van der Waals surface area (Å²) < 4.78 is 0. The van der Waals surface area contributed by atoms with Crippen LogP contribution >= 0.6 is 0 Å². The molecule has 108 valence electrons. The van der Waals surface area contributed by atoms with Gasteiger partial charge in [-0.3, -0.25) is 4.79 Å². The summed E-state index contributed by atoms with van der Waals surface area (Å²) in [5, 5.41) is 25.5. The quantitative estimate of drug-likeness (QED) is 0.393. The second-order valence-corrected chi connectivity index (χ2v) is 3.90. The summed E-state index contributed by atoms with van der Waals surface area (Å²) in [5.41, 5.74) is -0.0710. The van der Waals surface area contributed by atoms with Crippen molar-refractivity contribution in [1.29, 1.82) is 0 Å². The highest BCUT2D eigenvalue weighted by Crippen LogP contribution is 2.21. The molecule has 3 amide bonds. The number of aromatic carboxylic acids is 1. The van der Waals surface area contributed by atoms with Gasteiger partial charge in [0, 0.05) is 25.7 Å². The van der Waals surface area contributed by atoms with Crippen LogP contribution in [-0.2, 0) is 4.79 Å². The number of nitrogens with one attached hydrogen (secondary N) is 3. The summed E-state index contributed by atoms with van der Waals surface area (Å²) in [6.45, 7) is 1.89. The van der Waals surface area contributed by atoms with Crippen LogP contribution < -0.4 is 16.0 Å². The third-order valence-corrected chi connectivity index (χ3v) is 2.27. The Morgan fingerprint density at radius 3 is 2.40 bits per heavy atom. The van der Waals surface area contributed by atoms with Crippen LogP contribution in [0.25, 0.3) is 0 Å². The lowest BCUT2D eigenvalue weighted by molar-refractivity contribution is -0.118. The van der Waals surface area contributed by atoms with E-state index in [9.17, 15) is 19.5 Å². The Balaban J connectivity index is 2.52. The Morgan fingerprint density at radius 2 is 1.80 bits per heavy atom. The van der Waals surface area contributed by atoms with Crippen LogP contribution in [0.5, 0.6) is 5.75 Å². The minimum Gasteiger partial charge on any atom is -0.507 e. The first-order chi connectivity index (χ1) is 9.40. The molecule has 8 heteroatoms. The Morgan fingerprint density at radius 1 is 1.15 bits per heavy atom. The average Bonchev–Trinajstić information content (AvgIpc) is 2.36. The molecule has 0 bridgehead atoms. The van der Waals surface area contributed by atoms with Crippen molar-refractivity contribution >= 4 is 23.6 Å². The molecule has 5 N–H and O–H groups in total. The largest absolute Gasteiger partial charge is 0.507 e. The number of carboxylic acid groups (broad SMARTS) is 1. The van der Waals surface area contributed by atoms with Gasteiger partial charge in [-0.1, -0.05) is 0 Å². The molecule has 20 heavy (non-hydrogen) atoms. The molecule has 0 aliphatic carbocycles. The maximum absolute atomic E-state index is 11.5. The zero-order valence-electron chi connectivity index (χ0n) is 10.8. The van der Waals surface area contributed by atoms with E-state index in [1.54, 1.807) is 0 Å². The summed E-state index contributed by atoms with van der Waals surface area (Å²) in [6.07, 6.45) is 0. The van der Waals surface area contributed by atoms with E-state index in [1.165, 1.54) is 19.1 Å². The van der Waals surface area contributed by atoms with E-state index in [1.807, 2.05) is 0 Å². The van der Waals surface area contributed by atoms with Gasteiger partial charge in [0.05, 0.1) is 0 Å². The number of benzene rings is 1. The van der Waals surface area contributed by atoms with Crippen molar-refractivity contribution in [2.75, 3.05) is 18.4 Å². The van der Waals surface area contributed by atoms with Crippen molar-refractivity contribution in [3.8, 4) is 5.75 Å². The molecule has 0 aliphatic rings. The van der Waals surface area contributed by atoms with Crippen LogP contribution in [0.3, 0.4) is 0 Å². The summed E-state index contributed by atoms with van der Waals surface area (Å²) in [6, 6.07) is 3.15. The molecule has 0 unspecified atom stereocenters. The first-order valence-electron chi connectivity index (χ1n) is 5.75. The number of hydrogen-bond donors (Lipinski definition) is 5. The normalized spacial score (nSPS) is 9.65. The molecule has 0 radical (unpaired) electrons. The van der Waals surface area contributed by atoms with Gasteiger partial charge >= 0.3 is 12.0 Å². The van der Waals surface area contributed by atoms with Crippen molar-refractivity contribution in [3.05, 3.63) is 23.8 Å². The number of anilines is 1. The van der Waals surface area contributed by atoms with Gasteiger partial charge in [-0.15, -0.1) is 0 Å². The van der Waals surface area contributed by atoms with Crippen LogP contribution in [-0.4, -0.2) is 41.2 Å². The molecule has 8 nitrogen and oxygen atoms in total. The number of amides is 3. The molecule has 0 spiro atoms. The maximum Gasteiger partial charge on any atom is 0.339 e. The van der Waals surface area contributed by atoms with Crippen molar-refractivity contribution < 1.29 is 24.6 Å². The molecular formula is C12H15N3O5. The molecule has 0 aromatic heterocycles. The maximum atomic E-state index is 11.5. The molecule has 0 saturated carbocycles. The molecule has 0 atom stereocenters. The second-order valence-electron chi connectivity index (χ2n) is 3.90. The lowest BCUT2D eigenvalue weighted by Crippen LogP contribution is -2.36. The van der Waals surface area contributed by atoms with E-state index in [0.717, 1.165) is 6.07 Å². The smallest absolute Gasteiger partial charge is 0.339 e. The lowest BCUT2D eigenvalue weighted by atomic mass is 10.2. The SMILES string of the molecule is CC(=O)NCCNC(=O)Nc1ccc(O)c(C(=O)O)c1. The monoisotopic (exact) mass is 281 g/mol. The molecule has 0 aliphatic heterocycles. The summed E-state index contributed by atoms with van der Waals surface area (Å²) in [5.74, 6) is -1.87. The zero-order chi connectivity index (χ0) is 15.1. The van der Waals surface area contributed by atoms with Crippen LogP contribution in [0, 0.1) is 0 Å². The lowest BCUT2D eigenvalue weighted by Gasteiger charge is -2.09. The highest BCUT2D eigenvalue weighted by atomic mass is 16.4. The fourth-order valence-electron chi connectivity index (χ4n) is 1.37.